The van der Waals surface area contributed by atoms with E-state index >= 15 is 0 Å². The van der Waals surface area contributed by atoms with Crippen molar-refractivity contribution in [3.05, 3.63) is 29.8 Å². The molecule has 0 fully saturated rings. The van der Waals surface area contributed by atoms with Gasteiger partial charge in [0.1, 0.15) is 24.9 Å². The lowest BCUT2D eigenvalue weighted by atomic mass is 10.0. The lowest BCUT2D eigenvalue weighted by Crippen LogP contribution is -3.00. The number of rotatable bonds is 44. The van der Waals surface area contributed by atoms with Crippen molar-refractivity contribution in [2.75, 3.05) is 47.5 Å². The summed E-state index contributed by atoms with van der Waals surface area (Å²) in [5, 5.41) is 2.84. The van der Waals surface area contributed by atoms with E-state index in [2.05, 4.69) is 40.3 Å². The largest absolute Gasteiger partial charge is 1.00 e. The standard InChI is InChI=1S/C53H96N2O6.ClH/c1-6-8-10-12-14-16-18-20-22-24-26-28-30-32-34-36-45-60-51(56)43-42-50(54-52(57)48-38-40-49(41-39-48)59-47-44-55(3,4)5)53(58)61-46-37-35-33-31-29-27-25-23-21-19-17-15-13-11-9-7-2;/h38-41,50H,6-37,42-47H2,1-5H3;1H. The van der Waals surface area contributed by atoms with Crippen molar-refractivity contribution < 1.29 is 45.5 Å². The summed E-state index contributed by atoms with van der Waals surface area (Å²) >= 11 is 0. The Morgan fingerprint density at radius 1 is 0.500 bits per heavy atom. The minimum Gasteiger partial charge on any atom is -1.00 e. The molecule has 0 aliphatic rings. The van der Waals surface area contributed by atoms with Gasteiger partial charge in [-0.3, -0.25) is 9.59 Å². The van der Waals surface area contributed by atoms with Crippen LogP contribution < -0.4 is 22.5 Å². The molecule has 1 N–H and O–H groups in total. The molecule has 1 aromatic rings. The molecule has 1 aromatic carbocycles. The normalized spacial score (nSPS) is 11.8. The molecular formula is C53H97ClN2O6. The number of amides is 1. The molecule has 0 saturated carbocycles. The van der Waals surface area contributed by atoms with Gasteiger partial charge in [0, 0.05) is 12.0 Å². The number of halogens is 1. The Hall–Kier alpha value is -2.32. The van der Waals surface area contributed by atoms with Crippen molar-refractivity contribution in [3.63, 3.8) is 0 Å². The van der Waals surface area contributed by atoms with Gasteiger partial charge in [-0.15, -0.1) is 0 Å². The maximum absolute atomic E-state index is 13.3. The molecule has 0 aliphatic carbocycles. The van der Waals surface area contributed by atoms with Gasteiger partial charge < -0.3 is 36.4 Å². The topological polar surface area (TPSA) is 90.9 Å². The monoisotopic (exact) mass is 893 g/mol. The summed E-state index contributed by atoms with van der Waals surface area (Å²) in [4.78, 5) is 39.2. The number of hydrogen-bond donors (Lipinski definition) is 1. The van der Waals surface area contributed by atoms with Crippen molar-refractivity contribution >= 4 is 17.8 Å². The molecule has 0 aromatic heterocycles. The van der Waals surface area contributed by atoms with Crippen LogP contribution in [0.2, 0.25) is 0 Å². The Kier molecular flexibility index (Phi) is 41.0. The summed E-state index contributed by atoms with van der Waals surface area (Å²) < 4.78 is 17.8. The summed E-state index contributed by atoms with van der Waals surface area (Å²) in [7, 11) is 6.34. The third-order valence-electron chi connectivity index (χ3n) is 11.9. The van der Waals surface area contributed by atoms with Crippen LogP contribution in [-0.2, 0) is 19.1 Å². The molecule has 0 heterocycles. The van der Waals surface area contributed by atoms with Gasteiger partial charge in [0.2, 0.25) is 0 Å². The van der Waals surface area contributed by atoms with Crippen LogP contribution in [-0.4, -0.2) is 75.9 Å². The van der Waals surface area contributed by atoms with Gasteiger partial charge in [0.15, 0.2) is 0 Å². The number of benzene rings is 1. The first-order chi connectivity index (χ1) is 29.7. The van der Waals surface area contributed by atoms with Crippen molar-refractivity contribution in [2.24, 2.45) is 0 Å². The molecule has 62 heavy (non-hydrogen) atoms. The van der Waals surface area contributed by atoms with E-state index in [1.807, 2.05) is 0 Å². The molecule has 9 heteroatoms. The summed E-state index contributed by atoms with van der Waals surface area (Å²) in [6.07, 6.45) is 41.4. The second-order valence-corrected chi connectivity index (χ2v) is 18.9. The zero-order chi connectivity index (χ0) is 44.5. The van der Waals surface area contributed by atoms with E-state index in [0.717, 1.165) is 49.6 Å². The van der Waals surface area contributed by atoms with Crippen molar-refractivity contribution in [1.82, 2.24) is 5.32 Å². The van der Waals surface area contributed by atoms with E-state index in [4.69, 9.17) is 14.2 Å². The number of likely N-dealkylation sites (N-methyl/N-ethyl adjacent to an activating group) is 1. The molecular weight excluding hydrogens is 796 g/mol. The van der Waals surface area contributed by atoms with E-state index in [9.17, 15) is 14.4 Å². The summed E-state index contributed by atoms with van der Waals surface area (Å²) in [5.41, 5.74) is 0.417. The van der Waals surface area contributed by atoms with Crippen LogP contribution in [0.3, 0.4) is 0 Å². The molecule has 0 spiro atoms. The molecule has 8 nitrogen and oxygen atoms in total. The predicted octanol–water partition coefficient (Wildman–Crippen LogP) is 11.3. The predicted molar refractivity (Wildman–Crippen MR) is 256 cm³/mol. The number of unbranched alkanes of at least 4 members (excludes halogenated alkanes) is 30. The van der Waals surface area contributed by atoms with Crippen LogP contribution in [0.1, 0.15) is 243 Å². The highest BCUT2D eigenvalue weighted by Gasteiger charge is 2.24. The highest BCUT2D eigenvalue weighted by molar-refractivity contribution is 5.97. The van der Waals surface area contributed by atoms with Crippen molar-refractivity contribution in [3.8, 4) is 5.75 Å². The van der Waals surface area contributed by atoms with Gasteiger partial charge >= 0.3 is 11.9 Å². The lowest BCUT2D eigenvalue weighted by molar-refractivity contribution is -0.870. The van der Waals surface area contributed by atoms with E-state index in [1.165, 1.54) is 167 Å². The number of carbonyl (C=O) groups is 3. The second kappa shape index (κ2) is 42.6. The first-order valence-electron chi connectivity index (χ1n) is 25.8. The molecule has 1 rings (SSSR count). The maximum atomic E-state index is 13.3. The molecule has 0 saturated heterocycles. The Morgan fingerprint density at radius 3 is 1.23 bits per heavy atom. The Balaban J connectivity index is 0.0000372. The number of quaternary nitrogens is 1. The van der Waals surface area contributed by atoms with Crippen molar-refractivity contribution in [1.29, 1.82) is 0 Å². The van der Waals surface area contributed by atoms with E-state index < -0.39 is 12.0 Å². The highest BCUT2D eigenvalue weighted by atomic mass is 35.5. The fourth-order valence-electron chi connectivity index (χ4n) is 7.72. The molecule has 1 atom stereocenters. The minimum atomic E-state index is -0.933. The number of nitrogens with zero attached hydrogens (tertiary/aromatic N) is 1. The van der Waals surface area contributed by atoms with Crippen LogP contribution in [0.4, 0.5) is 0 Å². The number of carbonyl (C=O) groups excluding carboxylic acids is 3. The fourth-order valence-corrected chi connectivity index (χ4v) is 7.72. The van der Waals surface area contributed by atoms with Crippen molar-refractivity contribution in [2.45, 2.75) is 238 Å². The van der Waals surface area contributed by atoms with Gasteiger partial charge in [-0.2, -0.15) is 0 Å². The Morgan fingerprint density at radius 2 is 0.855 bits per heavy atom. The Bertz CT molecular complexity index is 1170. The lowest BCUT2D eigenvalue weighted by Gasteiger charge is -2.23. The number of esters is 2. The van der Waals surface area contributed by atoms with Gasteiger partial charge in [0.05, 0.1) is 34.4 Å². The average Bonchev–Trinajstić information content (AvgIpc) is 3.24. The SMILES string of the molecule is CCCCCCCCCCCCCCCCCCOC(=O)CCC(NC(=O)c1ccc(OCC[N+](C)(C)C)cc1)C(=O)OCCCCCCCCCCCCCCCCCC.[Cl-]. The van der Waals surface area contributed by atoms with Crippen LogP contribution in [0.5, 0.6) is 5.75 Å². The third kappa shape index (κ3) is 38.2. The number of ether oxygens (including phenoxy) is 3. The van der Waals surface area contributed by atoms with E-state index in [1.54, 1.807) is 24.3 Å². The summed E-state index contributed by atoms with van der Waals surface area (Å²) in [6, 6.07) is 6.00. The highest BCUT2D eigenvalue weighted by Crippen LogP contribution is 2.17. The number of hydrogen-bond acceptors (Lipinski definition) is 6. The summed E-state index contributed by atoms with van der Waals surface area (Å²) in [6.45, 7) is 6.67. The first kappa shape index (κ1) is 59.7. The zero-order valence-electron chi connectivity index (χ0n) is 41.0. The number of nitrogens with one attached hydrogen (secondary N) is 1. The second-order valence-electron chi connectivity index (χ2n) is 18.9. The average molecular weight is 894 g/mol. The van der Waals surface area contributed by atoms with Crippen LogP contribution in [0, 0.1) is 0 Å². The summed E-state index contributed by atoms with van der Waals surface area (Å²) in [5.74, 6) is -0.544. The fraction of sp³-hybridized carbons (Fsp3) is 0.830. The Labute approximate surface area is 388 Å². The smallest absolute Gasteiger partial charge is 0.328 e. The van der Waals surface area contributed by atoms with Gasteiger partial charge in [-0.1, -0.05) is 206 Å². The molecule has 1 amide bonds. The van der Waals surface area contributed by atoms with Gasteiger partial charge in [-0.05, 0) is 43.5 Å². The van der Waals surface area contributed by atoms with E-state index in [-0.39, 0.29) is 37.1 Å². The molecule has 0 radical (unpaired) electrons. The molecule has 1 unspecified atom stereocenters. The van der Waals surface area contributed by atoms with Crippen LogP contribution in [0.25, 0.3) is 0 Å². The van der Waals surface area contributed by atoms with E-state index in [0.29, 0.717) is 31.1 Å². The maximum Gasteiger partial charge on any atom is 0.328 e. The van der Waals surface area contributed by atoms with Gasteiger partial charge in [0.25, 0.3) is 5.91 Å². The minimum absolute atomic E-state index is 0. The van der Waals surface area contributed by atoms with Gasteiger partial charge in [-0.25, -0.2) is 4.79 Å². The molecule has 0 aliphatic heterocycles. The third-order valence-corrected chi connectivity index (χ3v) is 11.9. The zero-order valence-corrected chi connectivity index (χ0v) is 41.8. The molecule has 362 valence electrons. The quantitative estimate of drug-likeness (QED) is 0.0399. The molecule has 0 bridgehead atoms. The first-order valence-corrected chi connectivity index (χ1v) is 25.8. The van der Waals surface area contributed by atoms with Crippen LogP contribution in [0.15, 0.2) is 24.3 Å². The van der Waals surface area contributed by atoms with Crippen LogP contribution >= 0.6 is 0 Å².